The Morgan fingerprint density at radius 3 is 2.57 bits per heavy atom. The lowest BCUT2D eigenvalue weighted by Gasteiger charge is -2.08. The second-order valence-corrected chi connectivity index (χ2v) is 6.99. The van der Waals surface area contributed by atoms with Gasteiger partial charge in [0.15, 0.2) is 11.0 Å². The van der Waals surface area contributed by atoms with E-state index in [2.05, 4.69) is 15.5 Å². The number of rotatable bonds is 6. The molecule has 0 bridgehead atoms. The summed E-state index contributed by atoms with van der Waals surface area (Å²) in [5, 5.41) is 11.4. The number of aromatic nitrogens is 3. The van der Waals surface area contributed by atoms with Crippen molar-refractivity contribution in [1.29, 1.82) is 0 Å². The van der Waals surface area contributed by atoms with Crippen LogP contribution in [0.15, 0.2) is 53.7 Å². The number of imide groups is 1. The predicted octanol–water partition coefficient (Wildman–Crippen LogP) is 2.85. The lowest BCUT2D eigenvalue weighted by Crippen LogP contribution is -2.32. The highest BCUT2D eigenvalue weighted by atomic mass is 32.2. The van der Waals surface area contributed by atoms with Crippen molar-refractivity contribution >= 4 is 23.6 Å². The Balaban J connectivity index is 1.64. The largest absolute Gasteiger partial charge is 0.496 e. The molecule has 3 rings (SSSR count). The standard InChI is InChI=1S/C20H20N4O3S/c1-13-8-4-5-9-14(13)18-22-23-20(24(18)2)28-12-17(25)21-19(26)15-10-6-7-11-16(15)27-3/h4-11H,12H2,1-3H3,(H,21,25,26). The SMILES string of the molecule is COc1ccccc1C(=O)NC(=O)CSc1nnc(-c2ccccc2C)n1C. The molecular weight excluding hydrogens is 376 g/mol. The van der Waals surface area contributed by atoms with Crippen LogP contribution in [0.1, 0.15) is 15.9 Å². The van der Waals surface area contributed by atoms with Crippen molar-refractivity contribution < 1.29 is 14.3 Å². The Morgan fingerprint density at radius 1 is 1.11 bits per heavy atom. The maximum absolute atomic E-state index is 12.3. The smallest absolute Gasteiger partial charge is 0.261 e. The Kier molecular flexibility index (Phi) is 6.10. The summed E-state index contributed by atoms with van der Waals surface area (Å²) < 4.78 is 6.98. The summed E-state index contributed by atoms with van der Waals surface area (Å²) in [6.07, 6.45) is 0. The molecule has 0 atom stereocenters. The van der Waals surface area contributed by atoms with Crippen LogP contribution in [-0.4, -0.2) is 39.4 Å². The van der Waals surface area contributed by atoms with Gasteiger partial charge in [0, 0.05) is 12.6 Å². The van der Waals surface area contributed by atoms with Crippen LogP contribution < -0.4 is 10.1 Å². The van der Waals surface area contributed by atoms with Gasteiger partial charge in [-0.2, -0.15) is 0 Å². The number of nitrogens with zero attached hydrogens (tertiary/aromatic N) is 3. The van der Waals surface area contributed by atoms with Crippen LogP contribution in [-0.2, 0) is 11.8 Å². The van der Waals surface area contributed by atoms with E-state index in [1.807, 2.05) is 42.8 Å². The minimum absolute atomic E-state index is 0.0423. The van der Waals surface area contributed by atoms with Gasteiger partial charge in [-0.1, -0.05) is 48.2 Å². The molecule has 0 aliphatic carbocycles. The van der Waals surface area contributed by atoms with Crippen molar-refractivity contribution in [1.82, 2.24) is 20.1 Å². The van der Waals surface area contributed by atoms with E-state index in [1.165, 1.54) is 18.9 Å². The van der Waals surface area contributed by atoms with Crippen LogP contribution in [0.4, 0.5) is 0 Å². The van der Waals surface area contributed by atoms with Gasteiger partial charge >= 0.3 is 0 Å². The fraction of sp³-hybridized carbons (Fsp3) is 0.200. The number of ether oxygens (including phenoxy) is 1. The highest BCUT2D eigenvalue weighted by Gasteiger charge is 2.17. The lowest BCUT2D eigenvalue weighted by molar-refractivity contribution is -0.117. The van der Waals surface area contributed by atoms with Crippen molar-refractivity contribution in [2.24, 2.45) is 7.05 Å². The molecule has 28 heavy (non-hydrogen) atoms. The molecule has 0 radical (unpaired) electrons. The number of carbonyl (C=O) groups is 2. The van der Waals surface area contributed by atoms with Gasteiger partial charge in [0.25, 0.3) is 5.91 Å². The first-order chi connectivity index (χ1) is 13.5. The van der Waals surface area contributed by atoms with Crippen LogP contribution in [0.3, 0.4) is 0 Å². The zero-order chi connectivity index (χ0) is 20.1. The Bertz CT molecular complexity index is 1020. The third-order valence-corrected chi connectivity index (χ3v) is 5.18. The van der Waals surface area contributed by atoms with Crippen molar-refractivity contribution in [2.75, 3.05) is 12.9 Å². The number of methoxy groups -OCH3 is 1. The van der Waals surface area contributed by atoms with E-state index in [-0.39, 0.29) is 5.75 Å². The Labute approximate surface area is 167 Å². The normalized spacial score (nSPS) is 10.5. The highest BCUT2D eigenvalue weighted by Crippen LogP contribution is 2.25. The molecule has 3 aromatic rings. The molecule has 0 saturated carbocycles. The van der Waals surface area contributed by atoms with E-state index in [4.69, 9.17) is 4.74 Å². The minimum atomic E-state index is -0.499. The molecule has 0 unspecified atom stereocenters. The van der Waals surface area contributed by atoms with E-state index >= 15 is 0 Å². The molecular formula is C20H20N4O3S. The maximum Gasteiger partial charge on any atom is 0.261 e. The number of aryl methyl sites for hydroxylation is 1. The quantitative estimate of drug-likeness (QED) is 0.645. The summed E-state index contributed by atoms with van der Waals surface area (Å²) in [5.74, 6) is 0.270. The summed E-state index contributed by atoms with van der Waals surface area (Å²) in [5.41, 5.74) is 2.39. The Morgan fingerprint density at radius 2 is 1.82 bits per heavy atom. The topological polar surface area (TPSA) is 86.1 Å². The van der Waals surface area contributed by atoms with Gasteiger partial charge in [-0.25, -0.2) is 0 Å². The molecule has 1 N–H and O–H groups in total. The van der Waals surface area contributed by atoms with Gasteiger partial charge in [-0.15, -0.1) is 10.2 Å². The second kappa shape index (κ2) is 8.71. The van der Waals surface area contributed by atoms with Gasteiger partial charge in [0.2, 0.25) is 5.91 Å². The summed E-state index contributed by atoms with van der Waals surface area (Å²) >= 11 is 1.22. The fourth-order valence-electron chi connectivity index (χ4n) is 2.69. The number of para-hydroxylation sites is 1. The van der Waals surface area contributed by atoms with Gasteiger partial charge in [-0.05, 0) is 24.6 Å². The molecule has 8 heteroatoms. The molecule has 1 heterocycles. The summed E-state index contributed by atoms with van der Waals surface area (Å²) in [4.78, 5) is 24.5. The molecule has 1 aromatic heterocycles. The van der Waals surface area contributed by atoms with Gasteiger partial charge in [0.05, 0.1) is 18.4 Å². The molecule has 144 valence electrons. The second-order valence-electron chi connectivity index (χ2n) is 6.05. The first-order valence-electron chi connectivity index (χ1n) is 8.56. The number of nitrogens with one attached hydrogen (secondary N) is 1. The lowest BCUT2D eigenvalue weighted by atomic mass is 10.1. The molecule has 0 fully saturated rings. The van der Waals surface area contributed by atoms with Gasteiger partial charge in [0.1, 0.15) is 5.75 Å². The highest BCUT2D eigenvalue weighted by molar-refractivity contribution is 7.99. The monoisotopic (exact) mass is 396 g/mol. The molecule has 7 nitrogen and oxygen atoms in total. The first-order valence-corrected chi connectivity index (χ1v) is 9.55. The first kappa shape index (κ1) is 19.6. The maximum atomic E-state index is 12.3. The summed E-state index contributed by atoms with van der Waals surface area (Å²) in [6, 6.07) is 14.6. The van der Waals surface area contributed by atoms with Crippen LogP contribution in [0.25, 0.3) is 11.4 Å². The number of hydrogen-bond acceptors (Lipinski definition) is 6. The average molecular weight is 396 g/mol. The van der Waals surface area contributed by atoms with Crippen molar-refractivity contribution in [3.05, 3.63) is 59.7 Å². The molecule has 0 aliphatic heterocycles. The van der Waals surface area contributed by atoms with E-state index in [0.717, 1.165) is 17.0 Å². The average Bonchev–Trinajstić information content (AvgIpc) is 3.07. The van der Waals surface area contributed by atoms with Crippen molar-refractivity contribution in [3.63, 3.8) is 0 Å². The number of amides is 2. The minimum Gasteiger partial charge on any atom is -0.496 e. The molecule has 0 aliphatic rings. The third kappa shape index (κ3) is 4.23. The van der Waals surface area contributed by atoms with Gasteiger partial charge in [-0.3, -0.25) is 14.9 Å². The predicted molar refractivity (Wildman–Crippen MR) is 107 cm³/mol. The summed E-state index contributed by atoms with van der Waals surface area (Å²) in [6.45, 7) is 2.01. The number of hydrogen-bond donors (Lipinski definition) is 1. The van der Waals surface area contributed by atoms with E-state index in [0.29, 0.717) is 16.5 Å². The van der Waals surface area contributed by atoms with Crippen LogP contribution in [0.2, 0.25) is 0 Å². The zero-order valence-electron chi connectivity index (χ0n) is 15.8. The molecule has 2 amide bonds. The molecule has 2 aromatic carbocycles. The number of thioether (sulfide) groups is 1. The number of benzene rings is 2. The zero-order valence-corrected chi connectivity index (χ0v) is 16.6. The van der Waals surface area contributed by atoms with Crippen LogP contribution in [0, 0.1) is 6.92 Å². The van der Waals surface area contributed by atoms with Gasteiger partial charge < -0.3 is 9.30 Å². The van der Waals surface area contributed by atoms with Crippen LogP contribution >= 0.6 is 11.8 Å². The number of carbonyl (C=O) groups excluding carboxylic acids is 2. The third-order valence-electron chi connectivity index (χ3n) is 4.16. The fourth-order valence-corrected chi connectivity index (χ4v) is 3.40. The molecule has 0 spiro atoms. The van der Waals surface area contributed by atoms with E-state index in [9.17, 15) is 9.59 Å². The molecule has 0 saturated heterocycles. The van der Waals surface area contributed by atoms with Crippen LogP contribution in [0.5, 0.6) is 5.75 Å². The Hall–Kier alpha value is -3.13. The van der Waals surface area contributed by atoms with Crippen molar-refractivity contribution in [3.8, 4) is 17.1 Å². The summed E-state index contributed by atoms with van der Waals surface area (Å²) in [7, 11) is 3.33. The van der Waals surface area contributed by atoms with Crippen molar-refractivity contribution in [2.45, 2.75) is 12.1 Å². The van der Waals surface area contributed by atoms with E-state index < -0.39 is 11.8 Å². The van der Waals surface area contributed by atoms with E-state index in [1.54, 1.807) is 24.3 Å².